The zero-order valence-electron chi connectivity index (χ0n) is 9.75. The van der Waals surface area contributed by atoms with Crippen LogP contribution in [0.5, 0.6) is 11.5 Å². The van der Waals surface area contributed by atoms with E-state index in [0.29, 0.717) is 19.5 Å². The molecule has 0 fully saturated rings. The van der Waals surface area contributed by atoms with Crippen LogP contribution >= 0.6 is 0 Å². The van der Waals surface area contributed by atoms with Gasteiger partial charge in [0.1, 0.15) is 11.5 Å². The summed E-state index contributed by atoms with van der Waals surface area (Å²) in [6.07, 6.45) is 0.543. The Labute approximate surface area is 95.6 Å². The molecule has 1 aromatic carbocycles. The summed E-state index contributed by atoms with van der Waals surface area (Å²) in [5.74, 6) is 1.53. The van der Waals surface area contributed by atoms with Crippen LogP contribution < -0.4 is 14.8 Å². The lowest BCUT2D eigenvalue weighted by Gasteiger charge is -2.09. The molecule has 0 amide bonds. The van der Waals surface area contributed by atoms with Crippen molar-refractivity contribution in [3.05, 3.63) is 23.8 Å². The van der Waals surface area contributed by atoms with Gasteiger partial charge >= 0.3 is 0 Å². The van der Waals surface area contributed by atoms with Crippen molar-refractivity contribution in [1.29, 1.82) is 0 Å². The van der Waals surface area contributed by atoms with E-state index in [0.717, 1.165) is 17.1 Å². The van der Waals surface area contributed by atoms with E-state index in [-0.39, 0.29) is 6.67 Å². The number of rotatable bonds is 7. The minimum atomic E-state index is -0.283. The Hall–Kier alpha value is -1.29. The molecule has 3 nitrogen and oxygen atoms in total. The van der Waals surface area contributed by atoms with E-state index in [9.17, 15) is 4.39 Å². The molecule has 0 unspecified atom stereocenters. The lowest BCUT2D eigenvalue weighted by Crippen LogP contribution is -2.15. The normalized spacial score (nSPS) is 10.2. The Morgan fingerprint density at radius 2 is 1.75 bits per heavy atom. The van der Waals surface area contributed by atoms with Crippen molar-refractivity contribution in [3.63, 3.8) is 0 Å². The quantitative estimate of drug-likeness (QED) is 0.724. The third-order valence-corrected chi connectivity index (χ3v) is 2.23. The maximum Gasteiger partial charge on any atom is 0.122 e. The summed E-state index contributed by atoms with van der Waals surface area (Å²) >= 11 is 0. The Morgan fingerprint density at radius 3 is 2.25 bits per heavy atom. The first kappa shape index (κ1) is 12.8. The summed E-state index contributed by atoms with van der Waals surface area (Å²) < 4.78 is 22.2. The van der Waals surface area contributed by atoms with Gasteiger partial charge in [-0.15, -0.1) is 0 Å². The van der Waals surface area contributed by atoms with Gasteiger partial charge in [-0.2, -0.15) is 0 Å². The lowest BCUT2D eigenvalue weighted by molar-refractivity contribution is 0.393. The van der Waals surface area contributed by atoms with Gasteiger partial charge in [0.05, 0.1) is 20.9 Å². The first-order valence-electron chi connectivity index (χ1n) is 5.28. The van der Waals surface area contributed by atoms with Crippen LogP contribution in [-0.4, -0.2) is 27.4 Å². The fraction of sp³-hybridized carbons (Fsp3) is 0.500. The summed E-state index contributed by atoms with van der Waals surface area (Å²) in [5.41, 5.74) is 1.06. The molecule has 0 aliphatic carbocycles. The highest BCUT2D eigenvalue weighted by Crippen LogP contribution is 2.22. The number of nitrogens with one attached hydrogen (secondary N) is 1. The number of benzene rings is 1. The number of hydrogen-bond acceptors (Lipinski definition) is 3. The average Bonchev–Trinajstić information content (AvgIpc) is 2.34. The molecule has 0 aliphatic heterocycles. The van der Waals surface area contributed by atoms with Gasteiger partial charge < -0.3 is 14.8 Å². The molecule has 0 spiro atoms. The van der Waals surface area contributed by atoms with Crippen molar-refractivity contribution in [2.24, 2.45) is 0 Å². The van der Waals surface area contributed by atoms with E-state index >= 15 is 0 Å². The van der Waals surface area contributed by atoms with Crippen LogP contribution in [0.1, 0.15) is 12.0 Å². The number of halogens is 1. The van der Waals surface area contributed by atoms with Crippen molar-refractivity contribution >= 4 is 0 Å². The number of hydrogen-bond donors (Lipinski definition) is 1. The average molecular weight is 227 g/mol. The molecule has 0 saturated heterocycles. The SMILES string of the molecule is COc1cc(CNCCCF)cc(OC)c1. The second-order valence-corrected chi connectivity index (χ2v) is 3.44. The predicted molar refractivity (Wildman–Crippen MR) is 61.8 cm³/mol. The summed E-state index contributed by atoms with van der Waals surface area (Å²) in [6.45, 7) is 1.08. The fourth-order valence-corrected chi connectivity index (χ4v) is 1.39. The van der Waals surface area contributed by atoms with Gasteiger partial charge in [-0.25, -0.2) is 0 Å². The van der Waals surface area contributed by atoms with E-state index in [1.165, 1.54) is 0 Å². The van der Waals surface area contributed by atoms with Crippen LogP contribution in [0.2, 0.25) is 0 Å². The predicted octanol–water partition coefficient (Wildman–Crippen LogP) is 2.15. The molecular weight excluding hydrogens is 209 g/mol. The molecule has 0 aliphatic rings. The van der Waals surface area contributed by atoms with Crippen LogP contribution in [0, 0.1) is 0 Å². The first-order valence-corrected chi connectivity index (χ1v) is 5.28. The summed E-state index contributed by atoms with van der Waals surface area (Å²) in [7, 11) is 3.24. The smallest absolute Gasteiger partial charge is 0.122 e. The number of alkyl halides is 1. The van der Waals surface area contributed by atoms with Gasteiger partial charge in [0.25, 0.3) is 0 Å². The molecule has 16 heavy (non-hydrogen) atoms. The molecule has 90 valence electrons. The van der Waals surface area contributed by atoms with Gasteiger partial charge in [-0.3, -0.25) is 4.39 Å². The molecule has 0 atom stereocenters. The standard InChI is InChI=1S/C12H18FNO2/c1-15-11-6-10(7-12(8-11)16-2)9-14-5-3-4-13/h6-8,14H,3-5,9H2,1-2H3. The van der Waals surface area contributed by atoms with Crippen molar-refractivity contribution < 1.29 is 13.9 Å². The molecule has 4 heteroatoms. The van der Waals surface area contributed by atoms with Crippen LogP contribution in [-0.2, 0) is 6.54 Å². The van der Waals surface area contributed by atoms with Gasteiger partial charge in [-0.05, 0) is 30.7 Å². The highest BCUT2D eigenvalue weighted by Gasteiger charge is 2.01. The molecule has 0 heterocycles. The van der Waals surface area contributed by atoms with E-state index in [1.807, 2.05) is 18.2 Å². The second-order valence-electron chi connectivity index (χ2n) is 3.44. The third-order valence-electron chi connectivity index (χ3n) is 2.23. The summed E-state index contributed by atoms with van der Waals surface area (Å²) in [6, 6.07) is 5.70. The Bertz CT molecular complexity index is 296. The number of ether oxygens (including phenoxy) is 2. The van der Waals surface area contributed by atoms with E-state index in [2.05, 4.69) is 5.32 Å². The summed E-state index contributed by atoms with van der Waals surface area (Å²) in [5, 5.41) is 3.15. The molecular formula is C12H18FNO2. The Morgan fingerprint density at radius 1 is 1.12 bits per heavy atom. The highest BCUT2D eigenvalue weighted by atomic mass is 19.1. The van der Waals surface area contributed by atoms with E-state index in [1.54, 1.807) is 14.2 Å². The van der Waals surface area contributed by atoms with Gasteiger partial charge in [0, 0.05) is 12.6 Å². The zero-order valence-corrected chi connectivity index (χ0v) is 9.75. The van der Waals surface area contributed by atoms with Crippen molar-refractivity contribution in [1.82, 2.24) is 5.32 Å². The van der Waals surface area contributed by atoms with Crippen LogP contribution in [0.4, 0.5) is 4.39 Å². The van der Waals surface area contributed by atoms with Crippen molar-refractivity contribution in [2.75, 3.05) is 27.4 Å². The summed E-state index contributed by atoms with van der Waals surface area (Å²) in [4.78, 5) is 0. The minimum Gasteiger partial charge on any atom is -0.497 e. The van der Waals surface area contributed by atoms with Gasteiger partial charge in [0.2, 0.25) is 0 Å². The third kappa shape index (κ3) is 4.06. The van der Waals surface area contributed by atoms with E-state index < -0.39 is 0 Å². The molecule has 1 aromatic rings. The molecule has 1 N–H and O–H groups in total. The lowest BCUT2D eigenvalue weighted by atomic mass is 10.2. The molecule has 0 bridgehead atoms. The fourth-order valence-electron chi connectivity index (χ4n) is 1.39. The monoisotopic (exact) mass is 227 g/mol. The van der Waals surface area contributed by atoms with E-state index in [4.69, 9.17) is 9.47 Å². The minimum absolute atomic E-state index is 0.283. The maximum absolute atomic E-state index is 11.9. The van der Waals surface area contributed by atoms with Crippen LogP contribution in [0.25, 0.3) is 0 Å². The molecule has 0 aromatic heterocycles. The van der Waals surface area contributed by atoms with Crippen LogP contribution in [0.15, 0.2) is 18.2 Å². The molecule has 1 rings (SSSR count). The zero-order chi connectivity index (χ0) is 11.8. The maximum atomic E-state index is 11.9. The van der Waals surface area contributed by atoms with Crippen molar-refractivity contribution in [2.45, 2.75) is 13.0 Å². The second kappa shape index (κ2) is 7.06. The highest BCUT2D eigenvalue weighted by molar-refractivity contribution is 5.38. The topological polar surface area (TPSA) is 30.5 Å². The van der Waals surface area contributed by atoms with Crippen molar-refractivity contribution in [3.8, 4) is 11.5 Å². The van der Waals surface area contributed by atoms with Gasteiger partial charge in [-0.1, -0.05) is 0 Å². The Balaban J connectivity index is 2.57. The Kier molecular flexibility index (Phi) is 5.64. The number of methoxy groups -OCH3 is 2. The van der Waals surface area contributed by atoms with Gasteiger partial charge in [0.15, 0.2) is 0 Å². The largest absolute Gasteiger partial charge is 0.497 e. The first-order chi connectivity index (χ1) is 7.80. The van der Waals surface area contributed by atoms with Crippen LogP contribution in [0.3, 0.4) is 0 Å². The molecule has 0 saturated carbocycles. The molecule has 0 radical (unpaired) electrons.